The highest BCUT2D eigenvalue weighted by Crippen LogP contribution is 2.40. The van der Waals surface area contributed by atoms with Gasteiger partial charge in [-0.25, -0.2) is 0 Å². The Morgan fingerprint density at radius 1 is 1.19 bits per heavy atom. The SMILES string of the molecule is CCOc1ccc2c(c1)OC(c1ccc(O)cc1O)CC2. The van der Waals surface area contributed by atoms with Gasteiger partial charge in [-0.2, -0.15) is 0 Å². The number of aryl methyl sites for hydroxylation is 1. The number of ether oxygens (including phenoxy) is 2. The first kappa shape index (κ1) is 13.6. The monoisotopic (exact) mass is 286 g/mol. The number of phenols is 2. The molecule has 0 bridgehead atoms. The van der Waals surface area contributed by atoms with Gasteiger partial charge in [0.05, 0.1) is 6.61 Å². The molecule has 1 heterocycles. The number of hydrogen-bond acceptors (Lipinski definition) is 4. The fourth-order valence-electron chi connectivity index (χ4n) is 2.63. The van der Waals surface area contributed by atoms with Crippen LogP contribution >= 0.6 is 0 Å². The van der Waals surface area contributed by atoms with E-state index in [0.717, 1.165) is 29.9 Å². The molecule has 110 valence electrons. The van der Waals surface area contributed by atoms with Crippen molar-refractivity contribution in [3.05, 3.63) is 47.5 Å². The molecule has 2 N–H and O–H groups in total. The third-order valence-electron chi connectivity index (χ3n) is 3.66. The molecule has 21 heavy (non-hydrogen) atoms. The van der Waals surface area contributed by atoms with Crippen LogP contribution < -0.4 is 9.47 Å². The van der Waals surface area contributed by atoms with Crippen molar-refractivity contribution in [1.29, 1.82) is 0 Å². The van der Waals surface area contributed by atoms with Crippen molar-refractivity contribution in [2.75, 3.05) is 6.61 Å². The van der Waals surface area contributed by atoms with Gasteiger partial charge >= 0.3 is 0 Å². The van der Waals surface area contributed by atoms with E-state index in [0.29, 0.717) is 12.2 Å². The zero-order valence-corrected chi connectivity index (χ0v) is 11.9. The van der Waals surface area contributed by atoms with Crippen LogP contribution in [-0.2, 0) is 6.42 Å². The van der Waals surface area contributed by atoms with E-state index in [-0.39, 0.29) is 17.6 Å². The predicted molar refractivity (Wildman–Crippen MR) is 79.1 cm³/mol. The molecular formula is C17H18O4. The van der Waals surface area contributed by atoms with Crippen molar-refractivity contribution in [3.8, 4) is 23.0 Å². The van der Waals surface area contributed by atoms with E-state index in [2.05, 4.69) is 0 Å². The van der Waals surface area contributed by atoms with Crippen molar-refractivity contribution in [2.45, 2.75) is 25.9 Å². The summed E-state index contributed by atoms with van der Waals surface area (Å²) in [6.45, 7) is 2.55. The molecule has 0 fully saturated rings. The van der Waals surface area contributed by atoms with Gasteiger partial charge in [0.1, 0.15) is 29.1 Å². The van der Waals surface area contributed by atoms with Crippen LogP contribution in [0, 0.1) is 0 Å². The Balaban J connectivity index is 1.87. The minimum absolute atomic E-state index is 0.0473. The Bertz CT molecular complexity index is 651. The lowest BCUT2D eigenvalue weighted by Crippen LogP contribution is -2.15. The summed E-state index contributed by atoms with van der Waals surface area (Å²) >= 11 is 0. The zero-order valence-electron chi connectivity index (χ0n) is 11.9. The van der Waals surface area contributed by atoms with E-state index >= 15 is 0 Å². The summed E-state index contributed by atoms with van der Waals surface area (Å²) in [7, 11) is 0. The van der Waals surface area contributed by atoms with E-state index < -0.39 is 0 Å². The summed E-state index contributed by atoms with van der Waals surface area (Å²) < 4.78 is 11.5. The standard InChI is InChI=1S/C17H18O4/c1-2-20-13-6-3-11-4-8-16(21-17(11)10-13)14-7-5-12(18)9-15(14)19/h3,5-7,9-10,16,18-19H,2,4,8H2,1H3. The number of hydrogen-bond donors (Lipinski definition) is 2. The second-order valence-electron chi connectivity index (χ2n) is 5.09. The first-order chi connectivity index (χ1) is 10.2. The van der Waals surface area contributed by atoms with Gasteiger partial charge in [-0.05, 0) is 43.5 Å². The van der Waals surface area contributed by atoms with Crippen LogP contribution in [0.3, 0.4) is 0 Å². The average molecular weight is 286 g/mol. The summed E-state index contributed by atoms with van der Waals surface area (Å²) in [6.07, 6.45) is 1.46. The van der Waals surface area contributed by atoms with Gasteiger partial charge < -0.3 is 19.7 Å². The average Bonchev–Trinajstić information content (AvgIpc) is 2.47. The fraction of sp³-hybridized carbons (Fsp3) is 0.294. The van der Waals surface area contributed by atoms with Crippen LogP contribution in [0.2, 0.25) is 0 Å². The molecule has 0 spiro atoms. The van der Waals surface area contributed by atoms with Crippen LogP contribution in [0.5, 0.6) is 23.0 Å². The molecule has 1 unspecified atom stereocenters. The van der Waals surface area contributed by atoms with Crippen molar-refractivity contribution in [1.82, 2.24) is 0 Å². The van der Waals surface area contributed by atoms with Gasteiger partial charge in [-0.3, -0.25) is 0 Å². The van der Waals surface area contributed by atoms with Crippen LogP contribution in [0.1, 0.15) is 30.6 Å². The topological polar surface area (TPSA) is 58.9 Å². The van der Waals surface area contributed by atoms with E-state index in [9.17, 15) is 10.2 Å². The Hall–Kier alpha value is -2.36. The van der Waals surface area contributed by atoms with Crippen LogP contribution in [0.15, 0.2) is 36.4 Å². The van der Waals surface area contributed by atoms with E-state index in [1.54, 1.807) is 12.1 Å². The predicted octanol–water partition coefficient (Wildman–Crippen LogP) is 3.56. The number of fused-ring (bicyclic) bond motifs is 1. The highest BCUT2D eigenvalue weighted by molar-refractivity contribution is 5.45. The molecule has 0 saturated carbocycles. The second-order valence-corrected chi connectivity index (χ2v) is 5.09. The maximum Gasteiger partial charge on any atom is 0.128 e. The molecule has 2 aromatic rings. The Morgan fingerprint density at radius 3 is 2.81 bits per heavy atom. The molecule has 4 heteroatoms. The lowest BCUT2D eigenvalue weighted by atomic mass is 9.96. The van der Waals surface area contributed by atoms with E-state index in [1.807, 2.05) is 25.1 Å². The summed E-state index contributed by atoms with van der Waals surface area (Å²) in [5.74, 6) is 1.69. The first-order valence-corrected chi connectivity index (χ1v) is 7.11. The Morgan fingerprint density at radius 2 is 2.05 bits per heavy atom. The Kier molecular flexibility index (Phi) is 3.60. The summed E-state index contributed by atoms with van der Waals surface area (Å²) in [5, 5.41) is 19.3. The first-order valence-electron chi connectivity index (χ1n) is 7.11. The molecule has 0 amide bonds. The molecule has 3 rings (SSSR count). The molecule has 0 radical (unpaired) electrons. The smallest absolute Gasteiger partial charge is 0.128 e. The summed E-state index contributed by atoms with van der Waals surface area (Å²) in [5.41, 5.74) is 1.84. The van der Waals surface area contributed by atoms with Crippen LogP contribution in [-0.4, -0.2) is 16.8 Å². The van der Waals surface area contributed by atoms with Crippen molar-refractivity contribution in [3.63, 3.8) is 0 Å². The van der Waals surface area contributed by atoms with E-state index in [4.69, 9.17) is 9.47 Å². The minimum atomic E-state index is -0.213. The van der Waals surface area contributed by atoms with Crippen LogP contribution in [0.4, 0.5) is 0 Å². The minimum Gasteiger partial charge on any atom is -0.508 e. The highest BCUT2D eigenvalue weighted by atomic mass is 16.5. The van der Waals surface area contributed by atoms with Crippen molar-refractivity contribution in [2.24, 2.45) is 0 Å². The number of rotatable bonds is 3. The normalized spacial score (nSPS) is 16.9. The van der Waals surface area contributed by atoms with Gasteiger partial charge in [0.15, 0.2) is 0 Å². The van der Waals surface area contributed by atoms with Gasteiger partial charge in [0.25, 0.3) is 0 Å². The lowest BCUT2D eigenvalue weighted by Gasteiger charge is -2.27. The van der Waals surface area contributed by atoms with Crippen LogP contribution in [0.25, 0.3) is 0 Å². The molecule has 1 atom stereocenters. The molecule has 0 aliphatic carbocycles. The Labute approximate surface area is 123 Å². The molecule has 2 aromatic carbocycles. The highest BCUT2D eigenvalue weighted by Gasteiger charge is 2.24. The molecular weight excluding hydrogens is 268 g/mol. The van der Waals surface area contributed by atoms with E-state index in [1.165, 1.54) is 6.07 Å². The number of benzene rings is 2. The quantitative estimate of drug-likeness (QED) is 0.905. The van der Waals surface area contributed by atoms with Gasteiger partial charge in [0.2, 0.25) is 0 Å². The number of phenolic OH excluding ortho intramolecular Hbond substituents is 2. The largest absolute Gasteiger partial charge is 0.508 e. The van der Waals surface area contributed by atoms with Gasteiger partial charge in [-0.15, -0.1) is 0 Å². The molecule has 1 aliphatic rings. The summed E-state index contributed by atoms with van der Waals surface area (Å²) in [6, 6.07) is 10.5. The third-order valence-corrected chi connectivity index (χ3v) is 3.66. The maximum absolute atomic E-state index is 9.97. The molecule has 0 aromatic heterocycles. The van der Waals surface area contributed by atoms with Crippen molar-refractivity contribution < 1.29 is 19.7 Å². The second kappa shape index (κ2) is 5.56. The fourth-order valence-corrected chi connectivity index (χ4v) is 2.63. The van der Waals surface area contributed by atoms with Gasteiger partial charge in [-0.1, -0.05) is 6.07 Å². The number of aromatic hydroxyl groups is 2. The molecule has 0 saturated heterocycles. The van der Waals surface area contributed by atoms with Gasteiger partial charge in [0, 0.05) is 17.7 Å². The zero-order chi connectivity index (χ0) is 14.8. The maximum atomic E-state index is 9.97. The van der Waals surface area contributed by atoms with Crippen molar-refractivity contribution >= 4 is 0 Å². The lowest BCUT2D eigenvalue weighted by molar-refractivity contribution is 0.172. The third kappa shape index (κ3) is 2.75. The molecule has 4 nitrogen and oxygen atoms in total. The summed E-state index contributed by atoms with van der Waals surface area (Å²) in [4.78, 5) is 0. The molecule has 1 aliphatic heterocycles.